The SMILES string of the molecule is O=C(c1cccc(N2CCCC2=O)c1)N1CCCN(S(=O)(=O)c2ccccc2)CC1. The van der Waals surface area contributed by atoms with E-state index in [2.05, 4.69) is 0 Å². The summed E-state index contributed by atoms with van der Waals surface area (Å²) >= 11 is 0. The van der Waals surface area contributed by atoms with Crippen molar-refractivity contribution in [1.29, 1.82) is 0 Å². The molecule has 30 heavy (non-hydrogen) atoms. The van der Waals surface area contributed by atoms with Crippen LogP contribution in [0.3, 0.4) is 0 Å². The predicted octanol–water partition coefficient (Wildman–Crippen LogP) is 2.35. The van der Waals surface area contributed by atoms with Crippen LogP contribution in [-0.2, 0) is 14.8 Å². The van der Waals surface area contributed by atoms with E-state index in [0.29, 0.717) is 44.6 Å². The van der Waals surface area contributed by atoms with Crippen LogP contribution in [0.5, 0.6) is 0 Å². The van der Waals surface area contributed by atoms with E-state index in [1.165, 1.54) is 4.31 Å². The van der Waals surface area contributed by atoms with Gasteiger partial charge in [0.15, 0.2) is 0 Å². The molecule has 2 aliphatic heterocycles. The molecule has 2 heterocycles. The van der Waals surface area contributed by atoms with Crippen LogP contribution in [0.2, 0.25) is 0 Å². The number of hydrogen-bond acceptors (Lipinski definition) is 4. The molecular formula is C22H25N3O4S. The van der Waals surface area contributed by atoms with E-state index < -0.39 is 10.0 Å². The minimum Gasteiger partial charge on any atom is -0.337 e. The Bertz CT molecular complexity index is 1040. The van der Waals surface area contributed by atoms with E-state index in [-0.39, 0.29) is 23.3 Å². The van der Waals surface area contributed by atoms with Gasteiger partial charge in [-0.3, -0.25) is 9.59 Å². The number of hydrogen-bond donors (Lipinski definition) is 0. The zero-order valence-corrected chi connectivity index (χ0v) is 17.6. The normalized spacial score (nSPS) is 18.5. The highest BCUT2D eigenvalue weighted by Crippen LogP contribution is 2.24. The van der Waals surface area contributed by atoms with Crippen molar-refractivity contribution in [2.24, 2.45) is 0 Å². The van der Waals surface area contributed by atoms with Crippen LogP contribution in [-0.4, -0.2) is 62.2 Å². The Morgan fingerprint density at radius 2 is 1.63 bits per heavy atom. The van der Waals surface area contributed by atoms with Gasteiger partial charge in [0.05, 0.1) is 4.90 Å². The summed E-state index contributed by atoms with van der Waals surface area (Å²) in [6, 6.07) is 15.5. The molecular weight excluding hydrogens is 402 g/mol. The maximum Gasteiger partial charge on any atom is 0.253 e. The number of anilines is 1. The first-order chi connectivity index (χ1) is 14.5. The van der Waals surface area contributed by atoms with Crippen molar-refractivity contribution < 1.29 is 18.0 Å². The summed E-state index contributed by atoms with van der Waals surface area (Å²) in [5.74, 6) is -0.0569. The summed E-state index contributed by atoms with van der Waals surface area (Å²) in [6.07, 6.45) is 1.94. The Balaban J connectivity index is 1.47. The number of nitrogens with zero attached hydrogens (tertiary/aromatic N) is 3. The van der Waals surface area contributed by atoms with Gasteiger partial charge in [0.2, 0.25) is 15.9 Å². The fourth-order valence-electron chi connectivity index (χ4n) is 3.99. The summed E-state index contributed by atoms with van der Waals surface area (Å²) in [5.41, 5.74) is 1.26. The monoisotopic (exact) mass is 427 g/mol. The lowest BCUT2D eigenvalue weighted by molar-refractivity contribution is -0.117. The standard InChI is InChI=1S/C22H25N3O4S/c26-21-11-5-14-25(21)19-8-4-7-18(17-19)22(27)23-12-6-13-24(16-15-23)30(28,29)20-9-2-1-3-10-20/h1-4,7-10,17H,5-6,11-16H2. The second-order valence-electron chi connectivity index (χ2n) is 7.56. The smallest absolute Gasteiger partial charge is 0.253 e. The molecule has 0 radical (unpaired) electrons. The van der Waals surface area contributed by atoms with Crippen molar-refractivity contribution in [1.82, 2.24) is 9.21 Å². The lowest BCUT2D eigenvalue weighted by Crippen LogP contribution is -2.37. The molecule has 2 aromatic rings. The third-order valence-corrected chi connectivity index (χ3v) is 7.51. The van der Waals surface area contributed by atoms with Crippen molar-refractivity contribution in [3.63, 3.8) is 0 Å². The first-order valence-corrected chi connectivity index (χ1v) is 11.7. The quantitative estimate of drug-likeness (QED) is 0.750. The number of amides is 2. The van der Waals surface area contributed by atoms with E-state index in [1.54, 1.807) is 58.3 Å². The Morgan fingerprint density at radius 3 is 2.37 bits per heavy atom. The van der Waals surface area contributed by atoms with Gasteiger partial charge in [-0.15, -0.1) is 0 Å². The molecule has 2 amide bonds. The molecule has 0 bridgehead atoms. The second-order valence-corrected chi connectivity index (χ2v) is 9.50. The maximum atomic E-state index is 13.1. The highest BCUT2D eigenvalue weighted by atomic mass is 32.2. The minimum atomic E-state index is -3.57. The van der Waals surface area contributed by atoms with Gasteiger partial charge < -0.3 is 9.80 Å². The van der Waals surface area contributed by atoms with Crippen molar-refractivity contribution in [3.8, 4) is 0 Å². The predicted molar refractivity (Wildman–Crippen MR) is 114 cm³/mol. The molecule has 8 heteroatoms. The average molecular weight is 428 g/mol. The van der Waals surface area contributed by atoms with Crippen LogP contribution < -0.4 is 4.90 Å². The molecule has 2 aliphatic rings. The van der Waals surface area contributed by atoms with Crippen molar-refractivity contribution in [2.75, 3.05) is 37.6 Å². The molecule has 2 fully saturated rings. The van der Waals surface area contributed by atoms with Gasteiger partial charge in [0.1, 0.15) is 0 Å². The second kappa shape index (κ2) is 8.57. The van der Waals surface area contributed by atoms with Gasteiger partial charge in [-0.25, -0.2) is 8.42 Å². The number of rotatable bonds is 4. The Labute approximate surface area is 176 Å². The molecule has 2 saturated heterocycles. The molecule has 0 aromatic heterocycles. The Kier molecular flexibility index (Phi) is 5.87. The molecule has 0 saturated carbocycles. The van der Waals surface area contributed by atoms with Crippen molar-refractivity contribution in [2.45, 2.75) is 24.2 Å². The molecule has 4 rings (SSSR count). The number of carbonyl (C=O) groups is 2. The van der Waals surface area contributed by atoms with E-state index >= 15 is 0 Å². The largest absolute Gasteiger partial charge is 0.337 e. The minimum absolute atomic E-state index is 0.0798. The van der Waals surface area contributed by atoms with Crippen LogP contribution in [0.4, 0.5) is 5.69 Å². The summed E-state index contributed by atoms with van der Waals surface area (Å²) in [6.45, 7) is 2.13. The number of sulfonamides is 1. The molecule has 0 atom stereocenters. The van der Waals surface area contributed by atoms with Gasteiger partial charge in [0.25, 0.3) is 5.91 Å². The summed E-state index contributed by atoms with van der Waals surface area (Å²) < 4.78 is 27.2. The van der Waals surface area contributed by atoms with Gasteiger partial charge in [0, 0.05) is 50.4 Å². The number of benzene rings is 2. The third kappa shape index (κ3) is 4.11. The highest BCUT2D eigenvalue weighted by Gasteiger charge is 2.29. The van der Waals surface area contributed by atoms with E-state index in [1.807, 2.05) is 6.07 Å². The average Bonchev–Trinajstić information content (AvgIpc) is 3.04. The fourth-order valence-corrected chi connectivity index (χ4v) is 5.48. The van der Waals surface area contributed by atoms with Crippen LogP contribution >= 0.6 is 0 Å². The zero-order chi connectivity index (χ0) is 21.1. The van der Waals surface area contributed by atoms with Crippen LogP contribution in [0.15, 0.2) is 59.5 Å². The summed E-state index contributed by atoms with van der Waals surface area (Å²) in [4.78, 5) is 28.8. The molecule has 0 N–H and O–H groups in total. The molecule has 0 unspecified atom stereocenters. The Morgan fingerprint density at radius 1 is 0.833 bits per heavy atom. The molecule has 158 valence electrons. The first kappa shape index (κ1) is 20.6. The van der Waals surface area contributed by atoms with Gasteiger partial charge in [-0.05, 0) is 43.2 Å². The topological polar surface area (TPSA) is 78.0 Å². The van der Waals surface area contributed by atoms with Crippen molar-refractivity contribution >= 4 is 27.5 Å². The molecule has 2 aromatic carbocycles. The highest BCUT2D eigenvalue weighted by molar-refractivity contribution is 7.89. The third-order valence-electron chi connectivity index (χ3n) is 5.60. The van der Waals surface area contributed by atoms with Crippen LogP contribution in [0, 0.1) is 0 Å². The van der Waals surface area contributed by atoms with E-state index in [9.17, 15) is 18.0 Å². The molecule has 7 nitrogen and oxygen atoms in total. The summed E-state index contributed by atoms with van der Waals surface area (Å²) in [7, 11) is -3.57. The Hall–Kier alpha value is -2.71. The molecule has 0 aliphatic carbocycles. The lowest BCUT2D eigenvalue weighted by Gasteiger charge is -2.23. The maximum absolute atomic E-state index is 13.1. The summed E-state index contributed by atoms with van der Waals surface area (Å²) in [5, 5.41) is 0. The lowest BCUT2D eigenvalue weighted by atomic mass is 10.1. The number of carbonyl (C=O) groups excluding carboxylic acids is 2. The zero-order valence-electron chi connectivity index (χ0n) is 16.7. The van der Waals surface area contributed by atoms with E-state index in [0.717, 1.165) is 12.1 Å². The van der Waals surface area contributed by atoms with E-state index in [4.69, 9.17) is 0 Å². The van der Waals surface area contributed by atoms with Crippen LogP contribution in [0.25, 0.3) is 0 Å². The van der Waals surface area contributed by atoms with Crippen LogP contribution in [0.1, 0.15) is 29.6 Å². The van der Waals surface area contributed by atoms with Gasteiger partial charge in [-0.1, -0.05) is 24.3 Å². The van der Waals surface area contributed by atoms with Gasteiger partial charge >= 0.3 is 0 Å². The fraction of sp³-hybridized carbons (Fsp3) is 0.364. The first-order valence-electron chi connectivity index (χ1n) is 10.2. The molecule has 0 spiro atoms. The van der Waals surface area contributed by atoms with Crippen molar-refractivity contribution in [3.05, 3.63) is 60.2 Å². The van der Waals surface area contributed by atoms with Gasteiger partial charge in [-0.2, -0.15) is 4.31 Å².